The second kappa shape index (κ2) is 10.7. The summed E-state index contributed by atoms with van der Waals surface area (Å²) in [5.74, 6) is -0.911. The molecule has 2 aromatic carbocycles. The molecule has 0 aromatic heterocycles. The topological polar surface area (TPSA) is 113 Å². The molecule has 2 aromatic rings. The number of anilines is 1. The second-order valence-electron chi connectivity index (χ2n) is 9.34. The summed E-state index contributed by atoms with van der Waals surface area (Å²) >= 11 is 0. The average Bonchev–Trinajstić information content (AvgIpc) is 3.30. The third-order valence-electron chi connectivity index (χ3n) is 5.61. The molecule has 1 aliphatic rings. The lowest BCUT2D eigenvalue weighted by molar-refractivity contribution is 0.0608. The van der Waals surface area contributed by atoms with E-state index in [-0.39, 0.29) is 16.1 Å². The maximum absolute atomic E-state index is 13.8. The van der Waals surface area contributed by atoms with Crippen LogP contribution in [-0.2, 0) is 21.2 Å². The van der Waals surface area contributed by atoms with Gasteiger partial charge in [-0.05, 0) is 89.0 Å². The Morgan fingerprint density at radius 3 is 2.23 bits per heavy atom. The van der Waals surface area contributed by atoms with Crippen LogP contribution in [0.4, 0.5) is 10.5 Å². The number of carboxylic acids is 1. The van der Waals surface area contributed by atoms with E-state index in [0.717, 1.165) is 25.9 Å². The van der Waals surface area contributed by atoms with E-state index in [9.17, 15) is 23.1 Å². The lowest BCUT2D eigenvalue weighted by Crippen LogP contribution is -2.42. The predicted octanol–water partition coefficient (Wildman–Crippen LogP) is 4.16. The Balaban J connectivity index is 2.17. The van der Waals surface area contributed by atoms with Crippen molar-refractivity contribution in [2.45, 2.75) is 50.5 Å². The van der Waals surface area contributed by atoms with Crippen LogP contribution in [0.25, 0.3) is 0 Å². The van der Waals surface area contributed by atoms with Crippen LogP contribution in [0.15, 0.2) is 47.4 Å². The fraction of sp³-hybridized carbons (Fsp3) is 0.440. The monoisotopic (exact) mass is 504 g/mol. The van der Waals surface area contributed by atoms with Crippen LogP contribution in [0.3, 0.4) is 0 Å². The summed E-state index contributed by atoms with van der Waals surface area (Å²) in [4.78, 5) is 27.6. The van der Waals surface area contributed by atoms with E-state index < -0.39 is 27.7 Å². The Hall–Kier alpha value is -3.11. The van der Waals surface area contributed by atoms with Crippen molar-refractivity contribution in [1.82, 2.24) is 4.90 Å². The minimum atomic E-state index is -4.54. The first-order chi connectivity index (χ1) is 16.4. The molecule has 35 heavy (non-hydrogen) atoms. The van der Waals surface area contributed by atoms with Crippen LogP contribution in [0.1, 0.15) is 49.5 Å². The molecule has 9 nitrogen and oxygen atoms in total. The van der Waals surface area contributed by atoms with Gasteiger partial charge in [0.25, 0.3) is 10.0 Å². The molecule has 1 amide bonds. The molecule has 1 fully saturated rings. The van der Waals surface area contributed by atoms with Gasteiger partial charge in [-0.15, -0.1) is 0 Å². The van der Waals surface area contributed by atoms with Gasteiger partial charge in [-0.1, -0.05) is 12.1 Å². The van der Waals surface area contributed by atoms with E-state index >= 15 is 0 Å². The molecule has 0 bridgehead atoms. The Morgan fingerprint density at radius 2 is 1.69 bits per heavy atom. The highest BCUT2D eigenvalue weighted by Crippen LogP contribution is 2.34. The third-order valence-corrected chi connectivity index (χ3v) is 7.29. The first-order valence-electron chi connectivity index (χ1n) is 11.4. The summed E-state index contributed by atoms with van der Waals surface area (Å²) in [6, 6.07) is 10.0. The zero-order valence-electron chi connectivity index (χ0n) is 20.5. The summed E-state index contributed by atoms with van der Waals surface area (Å²) in [6.45, 7) is 7.30. The van der Waals surface area contributed by atoms with Gasteiger partial charge in [0.15, 0.2) is 0 Å². The minimum absolute atomic E-state index is 0.199. The smallest absolute Gasteiger partial charge is 0.429 e. The lowest BCUT2D eigenvalue weighted by Gasteiger charge is -2.29. The Morgan fingerprint density at radius 1 is 1.06 bits per heavy atom. The largest absolute Gasteiger partial charge is 0.497 e. The molecular formula is C25H32N2O7S. The summed E-state index contributed by atoms with van der Waals surface area (Å²) in [5.41, 5.74) is -1.09. The first-order valence-corrected chi connectivity index (χ1v) is 12.9. The SMILES string of the molecule is COc1ccc(S(=O)(=O)N(C(=O)OC(C)(C)C)c2c(CCN3CCCC3)cccc2C(=O)O)cc1. The van der Waals surface area contributed by atoms with Crippen LogP contribution in [0.2, 0.25) is 0 Å². The number of carboxylic acid groups (broad SMARTS) is 1. The fourth-order valence-electron chi connectivity index (χ4n) is 3.96. The Bertz CT molecular complexity index is 1170. The molecule has 0 radical (unpaired) electrons. The normalized spacial score (nSPS) is 14.5. The van der Waals surface area contributed by atoms with E-state index in [1.165, 1.54) is 37.4 Å². The zero-order chi connectivity index (χ0) is 25.8. The van der Waals surface area contributed by atoms with E-state index in [2.05, 4.69) is 4.90 Å². The number of ether oxygens (including phenoxy) is 2. The molecule has 1 heterocycles. The van der Waals surface area contributed by atoms with Crippen molar-refractivity contribution in [2.24, 2.45) is 0 Å². The molecule has 190 valence electrons. The van der Waals surface area contributed by atoms with Gasteiger partial charge in [0.05, 0.1) is 23.3 Å². The van der Waals surface area contributed by atoms with Crippen molar-refractivity contribution in [2.75, 3.05) is 31.0 Å². The lowest BCUT2D eigenvalue weighted by atomic mass is 10.0. The van der Waals surface area contributed by atoms with Gasteiger partial charge >= 0.3 is 12.1 Å². The number of likely N-dealkylation sites (tertiary alicyclic amines) is 1. The molecule has 10 heteroatoms. The zero-order valence-corrected chi connectivity index (χ0v) is 21.3. The fourth-order valence-corrected chi connectivity index (χ4v) is 5.34. The number of hydrogen-bond acceptors (Lipinski definition) is 7. The predicted molar refractivity (Wildman–Crippen MR) is 132 cm³/mol. The summed E-state index contributed by atoms with van der Waals surface area (Å²) in [7, 11) is -3.09. The number of para-hydroxylation sites is 1. The molecular weight excluding hydrogens is 472 g/mol. The standard InChI is InChI=1S/C25H32N2O7S/c1-25(2,3)34-24(30)27(35(31,32)20-12-10-19(33-4)11-13-20)22-18(8-7-9-21(22)23(28)29)14-17-26-15-5-6-16-26/h7-13H,5-6,14-17H2,1-4H3,(H,28,29). The number of carbonyl (C=O) groups is 2. The van der Waals surface area contributed by atoms with Crippen molar-refractivity contribution >= 4 is 27.8 Å². The van der Waals surface area contributed by atoms with Gasteiger partial charge in [0, 0.05) is 6.54 Å². The molecule has 0 aliphatic carbocycles. The maximum atomic E-state index is 13.8. The molecule has 0 unspecified atom stereocenters. The molecule has 0 spiro atoms. The van der Waals surface area contributed by atoms with Crippen molar-refractivity contribution in [3.8, 4) is 5.75 Å². The summed E-state index contributed by atoms with van der Waals surface area (Å²) < 4.78 is 38.7. The highest BCUT2D eigenvalue weighted by molar-refractivity contribution is 7.93. The Labute approximate surface area is 206 Å². The first kappa shape index (κ1) is 26.5. The molecule has 3 rings (SSSR count). The maximum Gasteiger partial charge on any atom is 0.429 e. The highest BCUT2D eigenvalue weighted by atomic mass is 32.2. The van der Waals surface area contributed by atoms with E-state index in [1.807, 2.05) is 0 Å². The average molecular weight is 505 g/mol. The molecule has 1 N–H and O–H groups in total. The van der Waals surface area contributed by atoms with E-state index in [0.29, 0.717) is 28.6 Å². The van der Waals surface area contributed by atoms with Crippen molar-refractivity contribution in [3.63, 3.8) is 0 Å². The summed E-state index contributed by atoms with van der Waals surface area (Å²) in [6.07, 6.45) is 1.35. The minimum Gasteiger partial charge on any atom is -0.497 e. The van der Waals surface area contributed by atoms with E-state index in [1.54, 1.807) is 32.9 Å². The highest BCUT2D eigenvalue weighted by Gasteiger charge is 2.38. The van der Waals surface area contributed by atoms with Crippen molar-refractivity contribution in [3.05, 3.63) is 53.6 Å². The van der Waals surface area contributed by atoms with Crippen LogP contribution in [0, 0.1) is 0 Å². The number of nitrogens with zero attached hydrogens (tertiary/aromatic N) is 2. The van der Waals surface area contributed by atoms with Crippen LogP contribution in [-0.4, -0.2) is 62.8 Å². The van der Waals surface area contributed by atoms with Gasteiger partial charge in [0.2, 0.25) is 0 Å². The van der Waals surface area contributed by atoms with Crippen LogP contribution < -0.4 is 9.04 Å². The number of hydrogen-bond donors (Lipinski definition) is 1. The Kier molecular flexibility index (Phi) is 8.07. The van der Waals surface area contributed by atoms with Crippen molar-refractivity contribution in [1.29, 1.82) is 0 Å². The van der Waals surface area contributed by atoms with Crippen LogP contribution >= 0.6 is 0 Å². The molecule has 1 aliphatic heterocycles. The quantitative estimate of drug-likeness (QED) is 0.570. The van der Waals surface area contributed by atoms with Crippen LogP contribution in [0.5, 0.6) is 5.75 Å². The number of amides is 1. The van der Waals surface area contributed by atoms with Gasteiger partial charge in [-0.25, -0.2) is 18.0 Å². The number of sulfonamides is 1. The van der Waals surface area contributed by atoms with E-state index in [4.69, 9.17) is 9.47 Å². The number of methoxy groups -OCH3 is 1. The second-order valence-corrected chi connectivity index (χ2v) is 11.1. The van der Waals surface area contributed by atoms with Gasteiger partial charge in [-0.3, -0.25) is 0 Å². The molecule has 1 saturated heterocycles. The molecule has 0 saturated carbocycles. The van der Waals surface area contributed by atoms with Gasteiger partial charge in [0.1, 0.15) is 11.4 Å². The van der Waals surface area contributed by atoms with Gasteiger partial charge < -0.3 is 19.5 Å². The third kappa shape index (κ3) is 6.32. The summed E-state index contributed by atoms with van der Waals surface area (Å²) in [5, 5.41) is 9.94. The number of aromatic carboxylic acids is 1. The van der Waals surface area contributed by atoms with Gasteiger partial charge in [-0.2, -0.15) is 4.31 Å². The number of benzene rings is 2. The number of carbonyl (C=O) groups excluding carboxylic acids is 1. The number of rotatable bonds is 8. The molecule has 0 atom stereocenters. The van der Waals surface area contributed by atoms with Crippen molar-refractivity contribution < 1.29 is 32.6 Å².